The van der Waals surface area contributed by atoms with Crippen molar-refractivity contribution in [2.45, 2.75) is 114 Å². The molecule has 0 radical (unpaired) electrons. The Kier molecular flexibility index (Phi) is 10.6. The number of fused-ring (bicyclic) bond motifs is 7. The molecule has 336 valence electrons. The molecule has 6 aliphatic rings. The van der Waals surface area contributed by atoms with Gasteiger partial charge in [-0.3, -0.25) is 9.80 Å². The van der Waals surface area contributed by atoms with Crippen molar-refractivity contribution in [2.24, 2.45) is 5.92 Å². The number of carbonyl (C=O) groups excluding carboxylic acids is 2. The second-order valence-electron chi connectivity index (χ2n) is 19.5. The number of nitrogens with zero attached hydrogens (tertiary/aromatic N) is 7. The minimum atomic E-state index is -0.761. The zero-order valence-electron chi connectivity index (χ0n) is 37.0. The molecule has 8 heterocycles. The Balaban J connectivity index is 1.03. The van der Waals surface area contributed by atoms with E-state index in [2.05, 4.69) is 29.2 Å². The second-order valence-corrected chi connectivity index (χ2v) is 19.5. The zero-order valence-corrected chi connectivity index (χ0v) is 37.0. The predicted octanol–water partition coefficient (Wildman–Crippen LogP) is 8.25. The van der Waals surface area contributed by atoms with Gasteiger partial charge in [-0.15, -0.1) is 6.42 Å². The molecule has 4 aromatic rings. The van der Waals surface area contributed by atoms with Crippen molar-refractivity contribution in [3.8, 4) is 35.5 Å². The van der Waals surface area contributed by atoms with Gasteiger partial charge in [0.1, 0.15) is 47.0 Å². The van der Waals surface area contributed by atoms with E-state index < -0.39 is 22.8 Å². The lowest BCUT2D eigenvalue weighted by Crippen LogP contribution is -2.62. The Labute approximate surface area is 372 Å². The number of hydrogen-bond donors (Lipinski definition) is 0. The molecule has 0 saturated carbocycles. The third-order valence-corrected chi connectivity index (χ3v) is 14.4. The molecule has 2 amide bonds. The molecule has 10 rings (SSSR count). The van der Waals surface area contributed by atoms with Gasteiger partial charge >= 0.3 is 18.2 Å². The van der Waals surface area contributed by atoms with E-state index in [1.807, 2.05) is 30.6 Å². The summed E-state index contributed by atoms with van der Waals surface area (Å²) >= 11 is 0. The number of hydrogen-bond acceptors (Lipinski definition) is 11. The highest BCUT2D eigenvalue weighted by molar-refractivity contribution is 6.03. The highest BCUT2D eigenvalue weighted by Gasteiger charge is 2.53. The Morgan fingerprint density at radius 1 is 1.02 bits per heavy atom. The lowest BCUT2D eigenvalue weighted by atomic mass is 9.94. The van der Waals surface area contributed by atoms with Gasteiger partial charge in [0, 0.05) is 49.6 Å². The molecule has 13 nitrogen and oxygen atoms in total. The normalized spacial score (nSPS) is 26.4. The van der Waals surface area contributed by atoms with Gasteiger partial charge in [0.15, 0.2) is 5.82 Å². The summed E-state index contributed by atoms with van der Waals surface area (Å²) in [4.78, 5) is 49.7. The maximum absolute atomic E-state index is 17.7. The van der Waals surface area contributed by atoms with Gasteiger partial charge in [-0.05, 0) is 76.7 Å². The van der Waals surface area contributed by atoms with Crippen LogP contribution < -0.4 is 14.4 Å². The van der Waals surface area contributed by atoms with Gasteiger partial charge in [0.05, 0.1) is 35.8 Å². The largest absolute Gasteiger partial charge is 0.477 e. The van der Waals surface area contributed by atoms with Crippen LogP contribution in [-0.2, 0) is 9.47 Å². The SMILES string of the molecule is C#Cc1c(F)ccc2cccc(-c3nc4c5c(nc(OC[C@@]67CC[C@@H](COC(=O)N8CC[C@@H](CC)C8)N6CC(=C)C7)nc5c3F)N3C[C@H]5CC[C@@H]([C@H]3CCO4)N5C(=O)OC(C)(C)C)c12. The summed E-state index contributed by atoms with van der Waals surface area (Å²) in [6.07, 6.45) is 11.5. The van der Waals surface area contributed by atoms with Gasteiger partial charge in [-0.25, -0.2) is 23.4 Å². The van der Waals surface area contributed by atoms with E-state index >= 15 is 8.78 Å². The number of halogens is 2. The molecule has 2 aromatic carbocycles. The Hall–Kier alpha value is -5.75. The molecule has 6 atom stereocenters. The van der Waals surface area contributed by atoms with Crippen molar-refractivity contribution >= 4 is 39.7 Å². The summed E-state index contributed by atoms with van der Waals surface area (Å²) < 4.78 is 57.8. The number of anilines is 1. The Morgan fingerprint density at radius 2 is 1.86 bits per heavy atom. The summed E-state index contributed by atoms with van der Waals surface area (Å²) in [6.45, 7) is 15.2. The second kappa shape index (κ2) is 16.0. The van der Waals surface area contributed by atoms with Gasteiger partial charge in [0.2, 0.25) is 5.88 Å². The van der Waals surface area contributed by atoms with Crippen molar-refractivity contribution < 1.29 is 37.3 Å². The van der Waals surface area contributed by atoms with Crippen LogP contribution >= 0.6 is 0 Å². The molecular formula is C49H55F2N7O6. The van der Waals surface area contributed by atoms with E-state index in [-0.39, 0.29) is 90.2 Å². The number of pyridine rings is 1. The monoisotopic (exact) mass is 875 g/mol. The van der Waals surface area contributed by atoms with Crippen LogP contribution in [0.1, 0.15) is 84.6 Å². The number of ether oxygens (including phenoxy) is 4. The van der Waals surface area contributed by atoms with E-state index in [9.17, 15) is 9.59 Å². The van der Waals surface area contributed by atoms with Crippen LogP contribution in [0.5, 0.6) is 11.9 Å². The zero-order chi connectivity index (χ0) is 44.7. The molecule has 15 heteroatoms. The van der Waals surface area contributed by atoms with Crippen molar-refractivity contribution in [2.75, 3.05) is 50.9 Å². The summed E-state index contributed by atoms with van der Waals surface area (Å²) in [5.74, 6) is 2.14. The van der Waals surface area contributed by atoms with Gasteiger partial charge in [-0.2, -0.15) is 9.97 Å². The fourth-order valence-electron chi connectivity index (χ4n) is 11.4. The molecule has 5 fully saturated rings. The number of likely N-dealkylation sites (tertiary alicyclic amines) is 1. The van der Waals surface area contributed by atoms with Crippen LogP contribution in [-0.4, -0.2) is 123 Å². The molecule has 2 aromatic heterocycles. The first-order valence-corrected chi connectivity index (χ1v) is 22.7. The van der Waals surface area contributed by atoms with Crippen LogP contribution in [0.3, 0.4) is 0 Å². The summed E-state index contributed by atoms with van der Waals surface area (Å²) in [5.41, 5.74) is 0.0511. The summed E-state index contributed by atoms with van der Waals surface area (Å²) in [7, 11) is 0. The van der Waals surface area contributed by atoms with Gasteiger partial charge < -0.3 is 28.7 Å². The number of amides is 2. The average molecular weight is 876 g/mol. The molecule has 5 saturated heterocycles. The van der Waals surface area contributed by atoms with Crippen molar-refractivity contribution in [3.63, 3.8) is 0 Å². The van der Waals surface area contributed by atoms with Crippen LogP contribution in [0.4, 0.5) is 24.2 Å². The van der Waals surface area contributed by atoms with Crippen LogP contribution in [0.2, 0.25) is 0 Å². The maximum atomic E-state index is 17.7. The number of terminal acetylenes is 1. The summed E-state index contributed by atoms with van der Waals surface area (Å²) in [6, 6.07) is 7.43. The molecular weight excluding hydrogens is 821 g/mol. The quantitative estimate of drug-likeness (QED) is 0.132. The van der Waals surface area contributed by atoms with Gasteiger partial charge in [-0.1, -0.05) is 55.7 Å². The topological polar surface area (TPSA) is 123 Å². The molecule has 0 N–H and O–H groups in total. The number of aromatic nitrogens is 3. The number of benzene rings is 2. The predicted molar refractivity (Wildman–Crippen MR) is 237 cm³/mol. The molecule has 64 heavy (non-hydrogen) atoms. The van der Waals surface area contributed by atoms with Crippen molar-refractivity contribution in [1.29, 1.82) is 0 Å². The highest BCUT2D eigenvalue weighted by atomic mass is 19.1. The summed E-state index contributed by atoms with van der Waals surface area (Å²) in [5, 5.41) is 1.26. The van der Waals surface area contributed by atoms with Crippen LogP contribution in [0, 0.1) is 29.9 Å². The maximum Gasteiger partial charge on any atom is 0.410 e. The first-order chi connectivity index (χ1) is 30.8. The fourth-order valence-corrected chi connectivity index (χ4v) is 11.4. The number of rotatable bonds is 7. The minimum Gasteiger partial charge on any atom is -0.477 e. The Bertz CT molecular complexity index is 2610. The Morgan fingerprint density at radius 3 is 2.64 bits per heavy atom. The molecule has 6 aliphatic heterocycles. The molecule has 0 unspecified atom stereocenters. The number of piperazine rings is 1. The van der Waals surface area contributed by atoms with E-state index in [0.29, 0.717) is 60.5 Å². The van der Waals surface area contributed by atoms with E-state index in [1.54, 1.807) is 24.3 Å². The molecule has 0 spiro atoms. The smallest absolute Gasteiger partial charge is 0.410 e. The minimum absolute atomic E-state index is 0.000621. The molecule has 0 aliphatic carbocycles. The fraction of sp³-hybridized carbons (Fsp3) is 0.531. The van der Waals surface area contributed by atoms with Crippen molar-refractivity contribution in [1.82, 2.24) is 29.7 Å². The van der Waals surface area contributed by atoms with Crippen molar-refractivity contribution in [3.05, 3.63) is 59.7 Å². The average Bonchev–Trinajstić information content (AvgIpc) is 4.04. The van der Waals surface area contributed by atoms with Crippen LogP contribution in [0.25, 0.3) is 32.9 Å². The first kappa shape index (κ1) is 42.2. The third kappa shape index (κ3) is 7.22. The third-order valence-electron chi connectivity index (χ3n) is 14.4. The van der Waals surface area contributed by atoms with Gasteiger partial charge in [0.25, 0.3) is 0 Å². The number of carbonyl (C=O) groups is 2. The first-order valence-electron chi connectivity index (χ1n) is 22.7. The van der Waals surface area contributed by atoms with Crippen LogP contribution in [0.15, 0.2) is 42.5 Å². The van der Waals surface area contributed by atoms with E-state index in [4.69, 9.17) is 40.3 Å². The highest BCUT2D eigenvalue weighted by Crippen LogP contribution is 2.48. The standard InChI is InChI=1S/C49H55F2N7O6/c1-7-29-17-20-55(24-29)46(59)62-26-32-16-19-49(22-28(3)23-57(32)49)27-63-45-53-42-39-43(54-45)56-25-31-13-15-37(58(31)47(60)64-48(4,5)6)36(56)18-21-61-44(39)52-41(40(42)51)34-11-9-10-30-12-14-35(50)33(8-2)38(30)34/h2,9-12,14,29,31-32,36-37H,3,7,13,15-27H2,1,4-6H3/t29-,31-,32+,36-,37+,49+/m1/s1. The lowest BCUT2D eigenvalue weighted by Gasteiger charge is -2.48. The lowest BCUT2D eigenvalue weighted by molar-refractivity contribution is 0.00633. The molecule has 2 bridgehead atoms. The van der Waals surface area contributed by atoms with E-state index in [0.717, 1.165) is 50.6 Å². The van der Waals surface area contributed by atoms with E-state index in [1.165, 1.54) is 6.07 Å².